The fraction of sp³-hybridized carbons (Fsp3) is 0.500. The van der Waals surface area contributed by atoms with Gasteiger partial charge >= 0.3 is 0 Å². The standard InChI is InChI=1S/C18H25N7O3.ClH/c1-10(2)16(19)18(27)20-9-15(26)21-12-6-7-14(28-3)13(8-12)25-17(11-4-5-11)22-23-24-25;/h6-8,10-11,16H,4-5,9,19H2,1-3H3,(H,20,27)(H,21,26);1H/t16-;/m0./s1. The second-order valence-corrected chi connectivity index (χ2v) is 7.15. The Balaban J connectivity index is 0.00000300. The van der Waals surface area contributed by atoms with Crippen LogP contribution in [-0.2, 0) is 9.59 Å². The molecule has 3 rings (SSSR count). The van der Waals surface area contributed by atoms with Crippen LogP contribution in [0.3, 0.4) is 0 Å². The molecule has 29 heavy (non-hydrogen) atoms. The van der Waals surface area contributed by atoms with Crippen LogP contribution in [0.15, 0.2) is 18.2 Å². The Morgan fingerprint density at radius 3 is 2.69 bits per heavy atom. The highest BCUT2D eigenvalue weighted by molar-refractivity contribution is 5.95. The number of aromatic nitrogens is 4. The molecule has 10 nitrogen and oxygen atoms in total. The first-order chi connectivity index (χ1) is 13.4. The third-order valence-corrected chi connectivity index (χ3v) is 4.57. The number of nitrogens with two attached hydrogens (primary N) is 1. The zero-order valence-electron chi connectivity index (χ0n) is 16.6. The number of amides is 2. The predicted molar refractivity (Wildman–Crippen MR) is 109 cm³/mol. The highest BCUT2D eigenvalue weighted by Crippen LogP contribution is 2.40. The molecule has 0 radical (unpaired) electrons. The van der Waals surface area contributed by atoms with E-state index >= 15 is 0 Å². The summed E-state index contributed by atoms with van der Waals surface area (Å²) < 4.78 is 7.05. The molecule has 2 aromatic rings. The number of tetrazole rings is 1. The van der Waals surface area contributed by atoms with Crippen molar-refractivity contribution in [1.29, 1.82) is 0 Å². The lowest BCUT2D eigenvalue weighted by Crippen LogP contribution is -2.46. The number of nitrogens with zero attached hydrogens (tertiary/aromatic N) is 4. The summed E-state index contributed by atoms with van der Waals surface area (Å²) in [6.07, 6.45) is 2.11. The number of hydrogen-bond acceptors (Lipinski definition) is 7. The molecule has 0 unspecified atom stereocenters. The van der Waals surface area contributed by atoms with Crippen molar-refractivity contribution < 1.29 is 14.3 Å². The summed E-state index contributed by atoms with van der Waals surface area (Å²) in [5.41, 5.74) is 6.95. The fourth-order valence-corrected chi connectivity index (χ4v) is 2.69. The summed E-state index contributed by atoms with van der Waals surface area (Å²) in [5.74, 6) is 0.977. The number of benzene rings is 1. The van der Waals surface area contributed by atoms with E-state index in [4.69, 9.17) is 10.5 Å². The van der Waals surface area contributed by atoms with Crippen molar-refractivity contribution in [3.05, 3.63) is 24.0 Å². The molecule has 1 atom stereocenters. The Labute approximate surface area is 175 Å². The molecule has 4 N–H and O–H groups in total. The van der Waals surface area contributed by atoms with Crippen molar-refractivity contribution in [2.75, 3.05) is 19.0 Å². The predicted octanol–water partition coefficient (Wildman–Crippen LogP) is 1.01. The van der Waals surface area contributed by atoms with E-state index in [0.717, 1.165) is 18.7 Å². The summed E-state index contributed by atoms with van der Waals surface area (Å²) in [7, 11) is 1.56. The molecule has 1 aromatic heterocycles. The lowest BCUT2D eigenvalue weighted by Gasteiger charge is -2.15. The van der Waals surface area contributed by atoms with Crippen LogP contribution in [-0.4, -0.2) is 51.7 Å². The van der Waals surface area contributed by atoms with Gasteiger partial charge in [0.05, 0.1) is 19.7 Å². The molecule has 0 bridgehead atoms. The van der Waals surface area contributed by atoms with Crippen LogP contribution in [0.4, 0.5) is 5.69 Å². The van der Waals surface area contributed by atoms with Crippen molar-refractivity contribution in [3.63, 3.8) is 0 Å². The van der Waals surface area contributed by atoms with Crippen molar-refractivity contribution in [3.8, 4) is 11.4 Å². The zero-order chi connectivity index (χ0) is 20.3. The largest absolute Gasteiger partial charge is 0.494 e. The first kappa shape index (κ1) is 22.6. The summed E-state index contributed by atoms with van der Waals surface area (Å²) in [6, 6.07) is 4.53. The van der Waals surface area contributed by atoms with Gasteiger partial charge in [0.2, 0.25) is 11.8 Å². The molecule has 11 heteroatoms. The smallest absolute Gasteiger partial charge is 0.243 e. The van der Waals surface area contributed by atoms with Gasteiger partial charge in [0, 0.05) is 11.6 Å². The van der Waals surface area contributed by atoms with E-state index in [0.29, 0.717) is 23.0 Å². The van der Waals surface area contributed by atoms with E-state index < -0.39 is 6.04 Å². The molecule has 0 spiro atoms. The Bertz CT molecular complexity index is 867. The normalized spacial score (nSPS) is 14.1. The Morgan fingerprint density at radius 2 is 2.07 bits per heavy atom. The molecule has 2 amide bonds. The Morgan fingerprint density at radius 1 is 1.34 bits per heavy atom. The van der Waals surface area contributed by atoms with Crippen LogP contribution in [0.25, 0.3) is 5.69 Å². The third-order valence-electron chi connectivity index (χ3n) is 4.57. The van der Waals surface area contributed by atoms with Gasteiger partial charge in [-0.1, -0.05) is 13.8 Å². The number of carbonyl (C=O) groups excluding carboxylic acids is 2. The first-order valence-electron chi connectivity index (χ1n) is 9.20. The molecule has 0 aliphatic heterocycles. The van der Waals surface area contributed by atoms with E-state index in [9.17, 15) is 9.59 Å². The molecule has 1 fully saturated rings. The molecule has 1 saturated carbocycles. The van der Waals surface area contributed by atoms with E-state index in [1.165, 1.54) is 0 Å². The van der Waals surface area contributed by atoms with Gasteiger partial charge in [-0.2, -0.15) is 4.68 Å². The second kappa shape index (κ2) is 9.66. The maximum atomic E-state index is 12.2. The lowest BCUT2D eigenvalue weighted by molar-refractivity contribution is -0.125. The average Bonchev–Trinajstić information content (AvgIpc) is 3.41. The number of hydrogen-bond donors (Lipinski definition) is 3. The van der Waals surface area contributed by atoms with E-state index in [1.54, 1.807) is 30.0 Å². The number of ether oxygens (including phenoxy) is 1. The number of halogens is 1. The van der Waals surface area contributed by atoms with Gasteiger partial charge in [-0.15, -0.1) is 17.5 Å². The van der Waals surface area contributed by atoms with Gasteiger partial charge in [0.25, 0.3) is 0 Å². The zero-order valence-corrected chi connectivity index (χ0v) is 17.4. The van der Waals surface area contributed by atoms with Crippen molar-refractivity contribution in [2.24, 2.45) is 11.7 Å². The minimum atomic E-state index is -0.652. The first-order valence-corrected chi connectivity index (χ1v) is 9.20. The maximum Gasteiger partial charge on any atom is 0.243 e. The van der Waals surface area contributed by atoms with Crippen LogP contribution in [0.1, 0.15) is 38.4 Å². The quantitative estimate of drug-likeness (QED) is 0.576. The van der Waals surface area contributed by atoms with Gasteiger partial charge in [0.15, 0.2) is 5.82 Å². The minimum Gasteiger partial charge on any atom is -0.494 e. The Hall–Kier alpha value is -2.72. The summed E-state index contributed by atoms with van der Waals surface area (Å²) in [6.45, 7) is 3.52. The third kappa shape index (κ3) is 5.42. The number of anilines is 1. The molecule has 1 heterocycles. The Kier molecular flexibility index (Phi) is 7.52. The second-order valence-electron chi connectivity index (χ2n) is 7.15. The van der Waals surface area contributed by atoms with Gasteiger partial charge in [-0.3, -0.25) is 9.59 Å². The van der Waals surface area contributed by atoms with Crippen molar-refractivity contribution in [2.45, 2.75) is 38.6 Å². The van der Waals surface area contributed by atoms with E-state index in [1.807, 2.05) is 13.8 Å². The van der Waals surface area contributed by atoms with Crippen LogP contribution in [0.5, 0.6) is 5.75 Å². The van der Waals surface area contributed by atoms with Gasteiger partial charge < -0.3 is 21.1 Å². The van der Waals surface area contributed by atoms with Crippen molar-refractivity contribution in [1.82, 2.24) is 25.5 Å². The molecule has 158 valence electrons. The van der Waals surface area contributed by atoms with Crippen molar-refractivity contribution >= 4 is 29.9 Å². The van der Waals surface area contributed by atoms with Crippen LogP contribution >= 0.6 is 12.4 Å². The topological polar surface area (TPSA) is 137 Å². The van der Waals surface area contributed by atoms with E-state index in [2.05, 4.69) is 26.2 Å². The van der Waals surface area contributed by atoms with Crippen LogP contribution in [0.2, 0.25) is 0 Å². The summed E-state index contributed by atoms with van der Waals surface area (Å²) in [5, 5.41) is 17.2. The molecular formula is C18H26ClN7O3. The molecule has 0 saturated heterocycles. The van der Waals surface area contributed by atoms with Gasteiger partial charge in [-0.05, 0) is 47.4 Å². The average molecular weight is 424 g/mol. The van der Waals surface area contributed by atoms with Crippen LogP contribution in [0, 0.1) is 5.92 Å². The number of carbonyl (C=O) groups is 2. The minimum absolute atomic E-state index is 0. The number of rotatable bonds is 8. The summed E-state index contributed by atoms with van der Waals surface area (Å²) in [4.78, 5) is 24.1. The molecule has 1 aliphatic carbocycles. The highest BCUT2D eigenvalue weighted by Gasteiger charge is 2.30. The van der Waals surface area contributed by atoms with Gasteiger partial charge in [0.1, 0.15) is 11.4 Å². The summed E-state index contributed by atoms with van der Waals surface area (Å²) >= 11 is 0. The lowest BCUT2D eigenvalue weighted by atomic mass is 10.1. The van der Waals surface area contributed by atoms with Gasteiger partial charge in [-0.25, -0.2) is 0 Å². The highest BCUT2D eigenvalue weighted by atomic mass is 35.5. The molecule has 1 aliphatic rings. The molecule has 1 aromatic carbocycles. The SMILES string of the molecule is COc1ccc(NC(=O)CNC(=O)[C@@H](N)C(C)C)cc1-n1nnnc1C1CC1.Cl. The number of nitrogens with one attached hydrogen (secondary N) is 2. The monoisotopic (exact) mass is 423 g/mol. The number of methoxy groups -OCH3 is 1. The maximum absolute atomic E-state index is 12.2. The van der Waals surface area contributed by atoms with E-state index in [-0.39, 0.29) is 36.7 Å². The molecular weight excluding hydrogens is 398 g/mol. The van der Waals surface area contributed by atoms with Crippen LogP contribution < -0.4 is 21.1 Å². The fourth-order valence-electron chi connectivity index (χ4n) is 2.69.